The average molecular weight is 541 g/mol. The minimum atomic E-state index is -0.916. The Bertz CT molecular complexity index is 1750. The number of amides is 2. The summed E-state index contributed by atoms with van der Waals surface area (Å²) >= 11 is 0. The third-order valence-electron chi connectivity index (χ3n) is 7.14. The summed E-state index contributed by atoms with van der Waals surface area (Å²) < 4.78 is 3.51. The zero-order chi connectivity index (χ0) is 28.2. The summed E-state index contributed by atoms with van der Waals surface area (Å²) in [6.07, 6.45) is 5.36. The number of nitrogens with one attached hydrogen (secondary N) is 2. The van der Waals surface area contributed by atoms with E-state index in [0.29, 0.717) is 11.4 Å². The Labute approximate surface area is 237 Å². The second-order valence-electron chi connectivity index (χ2n) is 9.73. The minimum Gasteiger partial charge on any atom is -0.338 e. The van der Waals surface area contributed by atoms with Crippen molar-refractivity contribution in [3.63, 3.8) is 0 Å². The monoisotopic (exact) mass is 540 g/mol. The molecule has 3 aromatic heterocycles. The van der Waals surface area contributed by atoms with Gasteiger partial charge in [0.2, 0.25) is 5.91 Å². The molecule has 0 fully saturated rings. The lowest BCUT2D eigenvalue weighted by molar-refractivity contribution is -0.118. The van der Waals surface area contributed by atoms with Gasteiger partial charge in [-0.05, 0) is 41.5 Å². The Morgan fingerprint density at radius 3 is 2.07 bits per heavy atom. The van der Waals surface area contributed by atoms with Crippen LogP contribution >= 0.6 is 0 Å². The average Bonchev–Trinajstić information content (AvgIpc) is 3.64. The molecule has 6 rings (SSSR count). The number of aromatic nitrogens is 4. The number of hydrogen-bond acceptors (Lipinski definition) is 4. The maximum absolute atomic E-state index is 14.0. The quantitative estimate of drug-likeness (QED) is 0.274. The van der Waals surface area contributed by atoms with E-state index < -0.39 is 12.0 Å². The molecule has 3 heterocycles. The maximum atomic E-state index is 14.0. The van der Waals surface area contributed by atoms with Crippen LogP contribution in [0.3, 0.4) is 0 Å². The Morgan fingerprint density at radius 2 is 1.44 bits per heavy atom. The third kappa shape index (κ3) is 5.35. The summed E-state index contributed by atoms with van der Waals surface area (Å²) in [4.78, 5) is 31.9. The molecule has 0 aliphatic carbocycles. The van der Waals surface area contributed by atoms with Gasteiger partial charge < -0.3 is 10.6 Å². The van der Waals surface area contributed by atoms with Gasteiger partial charge in [0, 0.05) is 36.6 Å². The summed E-state index contributed by atoms with van der Waals surface area (Å²) in [7, 11) is 1.70. The molecule has 0 unspecified atom stereocenters. The van der Waals surface area contributed by atoms with E-state index in [-0.39, 0.29) is 11.8 Å². The minimum absolute atomic E-state index is 0.333. The van der Waals surface area contributed by atoms with Gasteiger partial charge >= 0.3 is 0 Å². The van der Waals surface area contributed by atoms with Crippen LogP contribution in [0.4, 0.5) is 5.69 Å². The number of rotatable bonds is 8. The van der Waals surface area contributed by atoms with Gasteiger partial charge in [0.25, 0.3) is 5.91 Å². The van der Waals surface area contributed by atoms with Crippen LogP contribution in [0.5, 0.6) is 0 Å². The van der Waals surface area contributed by atoms with Crippen molar-refractivity contribution in [3.8, 4) is 11.3 Å². The van der Waals surface area contributed by atoms with Crippen molar-refractivity contribution in [2.24, 2.45) is 7.05 Å². The Balaban J connectivity index is 1.33. The fourth-order valence-corrected chi connectivity index (χ4v) is 5.10. The van der Waals surface area contributed by atoms with Crippen molar-refractivity contribution in [2.45, 2.75) is 12.0 Å². The van der Waals surface area contributed by atoms with Gasteiger partial charge in [-0.3, -0.25) is 18.7 Å². The predicted octanol–water partition coefficient (Wildman–Crippen LogP) is 5.30. The second kappa shape index (κ2) is 11.3. The van der Waals surface area contributed by atoms with Crippen molar-refractivity contribution >= 4 is 23.1 Å². The molecule has 6 aromatic rings. The molecule has 0 aliphatic heterocycles. The Kier molecular flexibility index (Phi) is 7.11. The van der Waals surface area contributed by atoms with Crippen LogP contribution < -0.4 is 10.6 Å². The SMILES string of the molecule is Cn1nccc1C(=O)N[C@H](C(=O)Nc1ccc(-c2cnc3ccccn23)cc1)C(c1ccccc1)c1ccccc1. The normalized spacial score (nSPS) is 11.9. The second-order valence-corrected chi connectivity index (χ2v) is 9.73. The molecule has 1 atom stereocenters. The first-order chi connectivity index (χ1) is 20.1. The van der Waals surface area contributed by atoms with Crippen LogP contribution in [0.25, 0.3) is 16.9 Å². The van der Waals surface area contributed by atoms with Gasteiger partial charge in [-0.2, -0.15) is 5.10 Å². The van der Waals surface area contributed by atoms with Crippen LogP contribution in [0, 0.1) is 0 Å². The van der Waals surface area contributed by atoms with Gasteiger partial charge in [-0.25, -0.2) is 4.98 Å². The molecule has 0 saturated heterocycles. The van der Waals surface area contributed by atoms with Crippen LogP contribution in [-0.2, 0) is 11.8 Å². The lowest BCUT2D eigenvalue weighted by atomic mass is 9.84. The smallest absolute Gasteiger partial charge is 0.270 e. The molecule has 2 amide bonds. The van der Waals surface area contributed by atoms with Crippen molar-refractivity contribution in [3.05, 3.63) is 145 Å². The molecule has 8 heteroatoms. The van der Waals surface area contributed by atoms with Gasteiger partial charge in [0.15, 0.2) is 0 Å². The number of benzene rings is 3. The number of nitrogens with zero attached hydrogens (tertiary/aromatic N) is 4. The summed E-state index contributed by atoms with van der Waals surface area (Å²) in [6, 6.07) is 33.7. The van der Waals surface area contributed by atoms with E-state index in [0.717, 1.165) is 28.0 Å². The summed E-state index contributed by atoms with van der Waals surface area (Å²) in [6.45, 7) is 0. The number of fused-ring (bicyclic) bond motifs is 1. The topological polar surface area (TPSA) is 93.3 Å². The van der Waals surface area contributed by atoms with Crippen molar-refractivity contribution in [1.82, 2.24) is 24.5 Å². The third-order valence-corrected chi connectivity index (χ3v) is 7.14. The van der Waals surface area contributed by atoms with Crippen LogP contribution in [0.1, 0.15) is 27.5 Å². The number of pyridine rings is 1. The first kappa shape index (κ1) is 25.8. The fourth-order valence-electron chi connectivity index (χ4n) is 5.10. The first-order valence-corrected chi connectivity index (χ1v) is 13.3. The molecule has 0 aliphatic rings. The van der Waals surface area contributed by atoms with E-state index >= 15 is 0 Å². The number of imidazole rings is 1. The lowest BCUT2D eigenvalue weighted by Gasteiger charge is -2.28. The molecular formula is C33H28N6O2. The van der Waals surface area contributed by atoms with Gasteiger partial charge in [-0.1, -0.05) is 78.9 Å². The largest absolute Gasteiger partial charge is 0.338 e. The lowest BCUT2D eigenvalue weighted by Crippen LogP contribution is -2.48. The molecule has 0 spiro atoms. The van der Waals surface area contributed by atoms with Crippen LogP contribution in [-0.4, -0.2) is 37.0 Å². The zero-order valence-corrected chi connectivity index (χ0v) is 22.4. The highest BCUT2D eigenvalue weighted by atomic mass is 16.2. The predicted molar refractivity (Wildman–Crippen MR) is 158 cm³/mol. The highest BCUT2D eigenvalue weighted by Crippen LogP contribution is 2.30. The van der Waals surface area contributed by atoms with E-state index in [1.54, 1.807) is 19.3 Å². The Morgan fingerprint density at radius 1 is 0.780 bits per heavy atom. The first-order valence-electron chi connectivity index (χ1n) is 13.3. The van der Waals surface area contributed by atoms with Crippen LogP contribution in [0.2, 0.25) is 0 Å². The molecule has 0 bridgehead atoms. The summed E-state index contributed by atoms with van der Waals surface area (Å²) in [5.41, 5.74) is 5.58. The number of carbonyl (C=O) groups excluding carboxylic acids is 2. The molecular weight excluding hydrogens is 512 g/mol. The summed E-state index contributed by atoms with van der Waals surface area (Å²) in [5, 5.41) is 10.2. The van der Waals surface area contributed by atoms with Crippen molar-refractivity contribution in [2.75, 3.05) is 5.32 Å². The van der Waals surface area contributed by atoms with E-state index in [1.807, 2.05) is 120 Å². The van der Waals surface area contributed by atoms with E-state index in [4.69, 9.17) is 0 Å². The molecule has 2 N–H and O–H groups in total. The van der Waals surface area contributed by atoms with Gasteiger partial charge in [-0.15, -0.1) is 0 Å². The highest BCUT2D eigenvalue weighted by molar-refractivity contribution is 6.01. The number of hydrogen-bond donors (Lipinski definition) is 2. The van der Waals surface area contributed by atoms with E-state index in [9.17, 15) is 9.59 Å². The molecule has 202 valence electrons. The maximum Gasteiger partial charge on any atom is 0.270 e. The zero-order valence-electron chi connectivity index (χ0n) is 22.4. The van der Waals surface area contributed by atoms with Crippen LogP contribution in [0.15, 0.2) is 128 Å². The van der Waals surface area contributed by atoms with E-state index in [1.165, 1.54) is 4.68 Å². The van der Waals surface area contributed by atoms with Gasteiger partial charge in [0.05, 0.1) is 11.9 Å². The van der Waals surface area contributed by atoms with Crippen molar-refractivity contribution in [1.29, 1.82) is 0 Å². The molecule has 41 heavy (non-hydrogen) atoms. The molecule has 0 saturated carbocycles. The van der Waals surface area contributed by atoms with Gasteiger partial charge in [0.1, 0.15) is 17.4 Å². The summed E-state index contributed by atoms with van der Waals surface area (Å²) in [5.74, 6) is -1.15. The standard InChI is InChI=1S/C33H28N6O2/c1-38-27(19-20-35-38)32(40)37-31(30(24-10-4-2-5-11-24)25-12-6-3-7-13-25)33(41)36-26-17-15-23(16-18-26)28-22-34-29-14-8-9-21-39(28)29/h2-22,30-31H,1H3,(H,36,41)(H,37,40)/t31-/m0/s1. The molecule has 3 aromatic carbocycles. The number of carbonyl (C=O) groups is 2. The fraction of sp³-hybridized carbons (Fsp3) is 0.0909. The Hall–Kier alpha value is -5.50. The molecule has 8 nitrogen and oxygen atoms in total. The highest BCUT2D eigenvalue weighted by Gasteiger charge is 2.33. The molecule has 0 radical (unpaired) electrons. The number of anilines is 1. The van der Waals surface area contributed by atoms with Crippen molar-refractivity contribution < 1.29 is 9.59 Å². The number of aryl methyl sites for hydroxylation is 1. The van der Waals surface area contributed by atoms with E-state index in [2.05, 4.69) is 20.7 Å².